The quantitative estimate of drug-likeness (QED) is 0.925. The van der Waals surface area contributed by atoms with Crippen molar-refractivity contribution >= 4 is 18.3 Å². The Balaban J connectivity index is 0.00000220. The Morgan fingerprint density at radius 1 is 1.48 bits per heavy atom. The first-order valence-corrected chi connectivity index (χ1v) is 6.35. The van der Waals surface area contributed by atoms with E-state index in [1.54, 1.807) is 7.05 Å². The Labute approximate surface area is 126 Å². The molecule has 1 atom stereocenters. The van der Waals surface area contributed by atoms with Gasteiger partial charge >= 0.3 is 6.18 Å². The zero-order valence-corrected chi connectivity index (χ0v) is 12.2. The Kier molecular flexibility index (Phi) is 5.58. The average molecular weight is 324 g/mol. The lowest BCUT2D eigenvalue weighted by molar-refractivity contribution is -0.141. The molecule has 1 heterocycles. The number of aromatic nitrogens is 1. The molecule has 0 aliphatic heterocycles. The second-order valence-corrected chi connectivity index (χ2v) is 4.99. The summed E-state index contributed by atoms with van der Waals surface area (Å²) in [6.45, 7) is 0.348. The number of alkyl halides is 3. The van der Waals surface area contributed by atoms with Crippen molar-refractivity contribution in [3.8, 4) is 0 Å². The highest BCUT2D eigenvalue weighted by Crippen LogP contribution is 2.35. The third kappa shape index (κ3) is 4.07. The van der Waals surface area contributed by atoms with Crippen LogP contribution in [0.5, 0.6) is 0 Å². The number of hydrogen-bond donors (Lipinski definition) is 1. The Hall–Kier alpha value is -1.34. The van der Waals surface area contributed by atoms with Crippen LogP contribution in [-0.2, 0) is 6.18 Å². The molecule has 0 radical (unpaired) electrons. The number of nitrogens with two attached hydrogens (primary N) is 1. The molecule has 1 aromatic heterocycles. The topological polar surface area (TPSA) is 59.2 Å². The van der Waals surface area contributed by atoms with Gasteiger partial charge in [-0.15, -0.1) is 12.4 Å². The Bertz CT molecular complexity index is 488. The van der Waals surface area contributed by atoms with Crippen molar-refractivity contribution in [3.63, 3.8) is 0 Å². The van der Waals surface area contributed by atoms with E-state index in [-0.39, 0.29) is 29.9 Å². The van der Waals surface area contributed by atoms with Crippen LogP contribution in [0.15, 0.2) is 18.3 Å². The molecule has 8 heteroatoms. The van der Waals surface area contributed by atoms with Gasteiger partial charge in [-0.05, 0) is 30.9 Å². The van der Waals surface area contributed by atoms with Gasteiger partial charge in [0.05, 0.1) is 5.56 Å². The molecule has 2 N–H and O–H groups in total. The van der Waals surface area contributed by atoms with Crippen LogP contribution in [0.4, 0.5) is 13.2 Å². The van der Waals surface area contributed by atoms with Crippen molar-refractivity contribution in [3.05, 3.63) is 29.6 Å². The fourth-order valence-electron chi connectivity index (χ4n) is 2.19. The van der Waals surface area contributed by atoms with E-state index in [0.29, 0.717) is 12.5 Å². The first-order valence-electron chi connectivity index (χ1n) is 6.35. The van der Waals surface area contributed by atoms with Gasteiger partial charge in [0.1, 0.15) is 5.69 Å². The molecule has 0 saturated heterocycles. The maximum atomic E-state index is 12.4. The van der Waals surface area contributed by atoms with Crippen LogP contribution < -0.4 is 5.73 Å². The van der Waals surface area contributed by atoms with Crippen molar-refractivity contribution in [2.75, 3.05) is 13.6 Å². The van der Waals surface area contributed by atoms with E-state index in [9.17, 15) is 18.0 Å². The van der Waals surface area contributed by atoms with Gasteiger partial charge in [-0.3, -0.25) is 9.78 Å². The van der Waals surface area contributed by atoms with E-state index in [2.05, 4.69) is 4.98 Å². The number of carbonyl (C=O) groups excluding carboxylic acids is 1. The van der Waals surface area contributed by atoms with Crippen LogP contribution in [0.1, 0.15) is 28.9 Å². The van der Waals surface area contributed by atoms with Gasteiger partial charge in [0.15, 0.2) is 0 Å². The highest BCUT2D eigenvalue weighted by Gasteiger charge is 2.36. The molecule has 0 bridgehead atoms. The predicted octanol–water partition coefficient (Wildman–Crippen LogP) is 2.33. The maximum Gasteiger partial charge on any atom is 0.433 e. The normalized spacial score (nSPS) is 16.0. The molecule has 1 amide bonds. The molecule has 2 rings (SSSR count). The summed E-state index contributed by atoms with van der Waals surface area (Å²) in [5.74, 6) is 0.0462. The number of carbonyl (C=O) groups is 1. The SMILES string of the molecule is CN(C(=O)c1ccc(C(F)(F)F)nc1)C(CN)C1CC1.Cl. The van der Waals surface area contributed by atoms with Crippen LogP contribution >= 0.6 is 12.4 Å². The summed E-state index contributed by atoms with van der Waals surface area (Å²) in [5.41, 5.74) is 4.79. The molecule has 0 aromatic carbocycles. The molecule has 1 fully saturated rings. The summed E-state index contributed by atoms with van der Waals surface area (Å²) in [4.78, 5) is 17.0. The van der Waals surface area contributed by atoms with Gasteiger partial charge in [0.2, 0.25) is 0 Å². The minimum absolute atomic E-state index is 0. The van der Waals surface area contributed by atoms with Gasteiger partial charge in [0, 0.05) is 25.8 Å². The first kappa shape index (κ1) is 17.7. The lowest BCUT2D eigenvalue weighted by atomic mass is 10.1. The van der Waals surface area contributed by atoms with Crippen molar-refractivity contribution in [2.24, 2.45) is 11.7 Å². The van der Waals surface area contributed by atoms with E-state index in [1.165, 1.54) is 4.90 Å². The fraction of sp³-hybridized carbons (Fsp3) is 0.538. The van der Waals surface area contributed by atoms with E-state index in [1.807, 2.05) is 0 Å². The van der Waals surface area contributed by atoms with Crippen molar-refractivity contribution in [1.29, 1.82) is 0 Å². The summed E-state index contributed by atoms with van der Waals surface area (Å²) in [5, 5.41) is 0. The number of hydrogen-bond acceptors (Lipinski definition) is 3. The van der Waals surface area contributed by atoms with Gasteiger partial charge < -0.3 is 10.6 Å². The second kappa shape index (κ2) is 6.62. The molecule has 1 saturated carbocycles. The summed E-state index contributed by atoms with van der Waals surface area (Å²) < 4.78 is 37.2. The van der Waals surface area contributed by atoms with Gasteiger partial charge in [-0.25, -0.2) is 0 Å². The number of amides is 1. The summed E-state index contributed by atoms with van der Waals surface area (Å²) in [6, 6.07) is 1.90. The van der Waals surface area contributed by atoms with E-state index >= 15 is 0 Å². The van der Waals surface area contributed by atoms with Gasteiger partial charge in [0.25, 0.3) is 5.91 Å². The molecule has 1 unspecified atom stereocenters. The zero-order valence-electron chi connectivity index (χ0n) is 11.4. The molecule has 1 aromatic rings. The number of nitrogens with zero attached hydrogens (tertiary/aromatic N) is 2. The molecule has 1 aliphatic carbocycles. The van der Waals surface area contributed by atoms with Crippen molar-refractivity contribution in [2.45, 2.75) is 25.1 Å². The highest BCUT2D eigenvalue weighted by atomic mass is 35.5. The minimum Gasteiger partial charge on any atom is -0.337 e. The number of halogens is 4. The minimum atomic E-state index is -4.50. The molecular weight excluding hydrogens is 307 g/mol. The first-order chi connectivity index (χ1) is 9.34. The lowest BCUT2D eigenvalue weighted by Gasteiger charge is -2.27. The summed E-state index contributed by atoms with van der Waals surface area (Å²) in [7, 11) is 1.62. The largest absolute Gasteiger partial charge is 0.433 e. The van der Waals surface area contributed by atoms with Crippen molar-refractivity contribution < 1.29 is 18.0 Å². The van der Waals surface area contributed by atoms with Crippen LogP contribution in [0.3, 0.4) is 0 Å². The van der Waals surface area contributed by atoms with E-state index < -0.39 is 11.9 Å². The third-order valence-corrected chi connectivity index (χ3v) is 3.53. The molecule has 1 aliphatic rings. The van der Waals surface area contributed by atoms with Crippen molar-refractivity contribution in [1.82, 2.24) is 9.88 Å². The van der Waals surface area contributed by atoms with E-state index in [0.717, 1.165) is 31.2 Å². The van der Waals surface area contributed by atoms with Gasteiger partial charge in [-0.1, -0.05) is 0 Å². The summed E-state index contributed by atoms with van der Waals surface area (Å²) in [6.07, 6.45) is -1.47. The summed E-state index contributed by atoms with van der Waals surface area (Å²) >= 11 is 0. The predicted molar refractivity (Wildman–Crippen MR) is 74.1 cm³/mol. The zero-order chi connectivity index (χ0) is 14.9. The smallest absolute Gasteiger partial charge is 0.337 e. The van der Waals surface area contributed by atoms with Gasteiger partial charge in [-0.2, -0.15) is 13.2 Å². The monoisotopic (exact) mass is 323 g/mol. The Morgan fingerprint density at radius 3 is 2.48 bits per heavy atom. The number of likely N-dealkylation sites (N-methyl/N-ethyl adjacent to an activating group) is 1. The van der Waals surface area contributed by atoms with E-state index in [4.69, 9.17) is 5.73 Å². The molecule has 118 valence electrons. The Morgan fingerprint density at radius 2 is 2.10 bits per heavy atom. The van der Waals surface area contributed by atoms with Crippen LogP contribution in [-0.4, -0.2) is 35.4 Å². The molecular formula is C13H17ClF3N3O. The standard InChI is InChI=1S/C13H16F3N3O.ClH/c1-19(10(6-17)8-2-3-8)12(20)9-4-5-11(18-7-9)13(14,15)16;/h4-5,7-8,10H,2-3,6,17H2,1H3;1H. The maximum absolute atomic E-state index is 12.4. The number of pyridine rings is 1. The average Bonchev–Trinajstić information content (AvgIpc) is 3.22. The number of rotatable bonds is 4. The highest BCUT2D eigenvalue weighted by molar-refractivity contribution is 5.94. The molecule has 0 spiro atoms. The second-order valence-electron chi connectivity index (χ2n) is 4.99. The van der Waals surface area contributed by atoms with Crippen LogP contribution in [0.25, 0.3) is 0 Å². The fourth-order valence-corrected chi connectivity index (χ4v) is 2.19. The lowest BCUT2D eigenvalue weighted by Crippen LogP contribution is -2.43. The van der Waals surface area contributed by atoms with Crippen LogP contribution in [0.2, 0.25) is 0 Å². The molecule has 21 heavy (non-hydrogen) atoms. The third-order valence-electron chi connectivity index (χ3n) is 3.53. The molecule has 4 nitrogen and oxygen atoms in total. The van der Waals surface area contributed by atoms with Crippen LogP contribution in [0, 0.1) is 5.92 Å².